The van der Waals surface area contributed by atoms with Gasteiger partial charge in [0.1, 0.15) is 0 Å². The Hall–Kier alpha value is -1.52. The first kappa shape index (κ1) is 12.9. The van der Waals surface area contributed by atoms with Crippen LogP contribution in [-0.4, -0.2) is 23.5 Å². The Bertz CT molecular complexity index is 589. The summed E-state index contributed by atoms with van der Waals surface area (Å²) in [4.78, 5) is 15.3. The highest BCUT2D eigenvalue weighted by molar-refractivity contribution is 6.31. The topological polar surface area (TPSA) is 70.9 Å². The van der Waals surface area contributed by atoms with E-state index >= 15 is 0 Å². The quantitative estimate of drug-likeness (QED) is 0.796. The first-order chi connectivity index (χ1) is 8.49. The van der Waals surface area contributed by atoms with Gasteiger partial charge in [0.2, 0.25) is 0 Å². The molecule has 4 nitrogen and oxygen atoms in total. The monoisotopic (exact) mass is 265 g/mol. The third-order valence-corrected chi connectivity index (χ3v) is 2.99. The van der Waals surface area contributed by atoms with Crippen molar-refractivity contribution in [2.45, 2.75) is 19.9 Å². The van der Waals surface area contributed by atoms with Gasteiger partial charge in [-0.3, -0.25) is 4.79 Å². The van der Waals surface area contributed by atoms with E-state index in [1.165, 1.54) is 0 Å². The number of aryl methyl sites for hydroxylation is 1. The van der Waals surface area contributed by atoms with E-state index in [-0.39, 0.29) is 11.9 Å². The highest BCUT2D eigenvalue weighted by Gasteiger charge is 2.16. The Morgan fingerprint density at radius 1 is 1.56 bits per heavy atom. The molecule has 0 aliphatic heterocycles. The first-order valence-corrected chi connectivity index (χ1v) is 6.18. The number of carbonyl (C=O) groups is 1. The van der Waals surface area contributed by atoms with E-state index in [1.54, 1.807) is 12.1 Å². The number of amides is 1. The fraction of sp³-hybridized carbons (Fsp3) is 0.308. The number of hydrogen-bond acceptors (Lipinski definition) is 2. The SMILES string of the molecule is Cc1[nH]c2ccc(Cl)cc2c1C(=O)NCC(C)N. The van der Waals surface area contributed by atoms with Crippen molar-refractivity contribution in [2.24, 2.45) is 5.73 Å². The van der Waals surface area contributed by atoms with Crippen LogP contribution in [0.25, 0.3) is 10.9 Å². The van der Waals surface area contributed by atoms with Gasteiger partial charge in [0.15, 0.2) is 0 Å². The summed E-state index contributed by atoms with van der Waals surface area (Å²) in [6, 6.07) is 5.39. The maximum atomic E-state index is 12.1. The lowest BCUT2D eigenvalue weighted by atomic mass is 10.1. The Labute approximate surface area is 111 Å². The zero-order valence-electron chi connectivity index (χ0n) is 10.4. The van der Waals surface area contributed by atoms with Crippen molar-refractivity contribution in [3.8, 4) is 0 Å². The predicted molar refractivity (Wildman–Crippen MR) is 74.0 cm³/mol. The standard InChI is InChI=1S/C13H16ClN3O/c1-7(15)6-16-13(18)12-8(2)17-11-4-3-9(14)5-10(11)12/h3-5,7,17H,6,15H2,1-2H3,(H,16,18). The minimum atomic E-state index is -0.127. The highest BCUT2D eigenvalue weighted by atomic mass is 35.5. The largest absolute Gasteiger partial charge is 0.358 e. The summed E-state index contributed by atoms with van der Waals surface area (Å²) in [6.45, 7) is 4.17. The third kappa shape index (κ3) is 2.49. The lowest BCUT2D eigenvalue weighted by Crippen LogP contribution is -2.35. The fourth-order valence-corrected chi connectivity index (χ4v) is 2.11. The molecule has 0 spiro atoms. The van der Waals surface area contributed by atoms with E-state index < -0.39 is 0 Å². The van der Waals surface area contributed by atoms with Crippen LogP contribution in [0.1, 0.15) is 23.0 Å². The third-order valence-electron chi connectivity index (χ3n) is 2.76. The highest BCUT2D eigenvalue weighted by Crippen LogP contribution is 2.25. The summed E-state index contributed by atoms with van der Waals surface area (Å²) >= 11 is 5.97. The minimum absolute atomic E-state index is 0.0666. The van der Waals surface area contributed by atoms with Crippen molar-refractivity contribution in [1.29, 1.82) is 0 Å². The van der Waals surface area contributed by atoms with Gasteiger partial charge in [-0.2, -0.15) is 0 Å². The Kier molecular flexibility index (Phi) is 3.59. The van der Waals surface area contributed by atoms with Gasteiger partial charge < -0.3 is 16.0 Å². The smallest absolute Gasteiger partial charge is 0.253 e. The van der Waals surface area contributed by atoms with Crippen molar-refractivity contribution >= 4 is 28.4 Å². The van der Waals surface area contributed by atoms with Crippen LogP contribution in [0.2, 0.25) is 5.02 Å². The maximum absolute atomic E-state index is 12.1. The lowest BCUT2D eigenvalue weighted by Gasteiger charge is -2.07. The molecule has 1 aromatic carbocycles. The van der Waals surface area contributed by atoms with Gasteiger partial charge in [0.05, 0.1) is 5.56 Å². The van der Waals surface area contributed by atoms with Crippen molar-refractivity contribution in [2.75, 3.05) is 6.54 Å². The summed E-state index contributed by atoms with van der Waals surface area (Å²) in [5.74, 6) is -0.127. The molecule has 0 radical (unpaired) electrons. The van der Waals surface area contributed by atoms with Crippen LogP contribution in [0, 0.1) is 6.92 Å². The zero-order valence-corrected chi connectivity index (χ0v) is 11.1. The molecular formula is C13H16ClN3O. The van der Waals surface area contributed by atoms with Crippen molar-refractivity contribution in [1.82, 2.24) is 10.3 Å². The molecule has 1 unspecified atom stereocenters. The predicted octanol–water partition coefficient (Wildman–Crippen LogP) is 2.21. The van der Waals surface area contributed by atoms with Crippen molar-refractivity contribution in [3.63, 3.8) is 0 Å². The zero-order chi connectivity index (χ0) is 13.3. The number of benzene rings is 1. The van der Waals surface area contributed by atoms with E-state index in [9.17, 15) is 4.79 Å². The summed E-state index contributed by atoms with van der Waals surface area (Å²) in [7, 11) is 0. The molecule has 0 saturated carbocycles. The molecule has 1 amide bonds. The molecule has 2 rings (SSSR count). The number of H-pyrrole nitrogens is 1. The van der Waals surface area contributed by atoms with E-state index in [2.05, 4.69) is 10.3 Å². The van der Waals surface area contributed by atoms with Crippen LogP contribution in [-0.2, 0) is 0 Å². The second-order valence-electron chi connectivity index (χ2n) is 4.50. The Morgan fingerprint density at radius 3 is 2.94 bits per heavy atom. The van der Waals surface area contributed by atoms with E-state index in [4.69, 9.17) is 17.3 Å². The molecule has 96 valence electrons. The number of rotatable bonds is 3. The molecule has 18 heavy (non-hydrogen) atoms. The number of halogens is 1. The molecule has 0 aliphatic rings. The summed E-state index contributed by atoms with van der Waals surface area (Å²) in [5.41, 5.74) is 7.99. The summed E-state index contributed by atoms with van der Waals surface area (Å²) in [5, 5.41) is 4.26. The average Bonchev–Trinajstić information content (AvgIpc) is 2.61. The second-order valence-corrected chi connectivity index (χ2v) is 4.94. The number of hydrogen-bond donors (Lipinski definition) is 3. The normalized spacial score (nSPS) is 12.7. The van der Waals surface area contributed by atoms with E-state index in [0.29, 0.717) is 17.1 Å². The number of aromatic amines is 1. The van der Waals surface area contributed by atoms with Crippen LogP contribution in [0.4, 0.5) is 0 Å². The molecule has 0 saturated heterocycles. The molecule has 2 aromatic rings. The van der Waals surface area contributed by atoms with Crippen molar-refractivity contribution in [3.05, 3.63) is 34.5 Å². The number of fused-ring (bicyclic) bond motifs is 1. The average molecular weight is 266 g/mol. The molecule has 1 aromatic heterocycles. The van der Waals surface area contributed by atoms with E-state index in [1.807, 2.05) is 19.9 Å². The van der Waals surface area contributed by atoms with Gasteiger partial charge >= 0.3 is 0 Å². The maximum Gasteiger partial charge on any atom is 0.253 e. The van der Waals surface area contributed by atoms with Crippen LogP contribution in [0.15, 0.2) is 18.2 Å². The molecule has 1 heterocycles. The van der Waals surface area contributed by atoms with Crippen molar-refractivity contribution < 1.29 is 4.79 Å². The van der Waals surface area contributed by atoms with Gasteiger partial charge in [-0.25, -0.2) is 0 Å². The molecule has 0 bridgehead atoms. The van der Waals surface area contributed by atoms with Crippen LogP contribution in [0.5, 0.6) is 0 Å². The first-order valence-electron chi connectivity index (χ1n) is 5.80. The molecule has 4 N–H and O–H groups in total. The Balaban J connectivity index is 2.40. The van der Waals surface area contributed by atoms with Gasteiger partial charge in [0, 0.05) is 34.2 Å². The number of carbonyl (C=O) groups excluding carboxylic acids is 1. The summed E-state index contributed by atoms with van der Waals surface area (Å²) < 4.78 is 0. The van der Waals surface area contributed by atoms with Gasteiger partial charge in [-0.1, -0.05) is 11.6 Å². The van der Waals surface area contributed by atoms with E-state index in [0.717, 1.165) is 16.6 Å². The van der Waals surface area contributed by atoms with Crippen LogP contribution < -0.4 is 11.1 Å². The van der Waals surface area contributed by atoms with Gasteiger partial charge in [-0.15, -0.1) is 0 Å². The van der Waals surface area contributed by atoms with Crippen LogP contribution in [0.3, 0.4) is 0 Å². The molecule has 1 atom stereocenters. The second kappa shape index (κ2) is 5.00. The molecular weight excluding hydrogens is 250 g/mol. The van der Waals surface area contributed by atoms with Gasteiger partial charge in [-0.05, 0) is 32.0 Å². The molecule has 5 heteroatoms. The molecule has 0 aliphatic carbocycles. The number of nitrogens with two attached hydrogens (primary N) is 1. The number of nitrogens with one attached hydrogen (secondary N) is 2. The van der Waals surface area contributed by atoms with Crippen LogP contribution >= 0.6 is 11.6 Å². The summed E-state index contributed by atoms with van der Waals surface area (Å²) in [6.07, 6.45) is 0. The van der Waals surface area contributed by atoms with Gasteiger partial charge in [0.25, 0.3) is 5.91 Å². The Morgan fingerprint density at radius 2 is 2.28 bits per heavy atom. The number of aromatic nitrogens is 1. The minimum Gasteiger partial charge on any atom is -0.358 e. The lowest BCUT2D eigenvalue weighted by molar-refractivity contribution is 0.0953. The fourth-order valence-electron chi connectivity index (χ4n) is 1.93. The molecule has 0 fully saturated rings.